The maximum atomic E-state index is 12.6. The van der Waals surface area contributed by atoms with Crippen LogP contribution in [0.4, 0.5) is 13.2 Å². The van der Waals surface area contributed by atoms with Crippen molar-refractivity contribution in [2.24, 2.45) is 5.41 Å². The Morgan fingerprint density at radius 2 is 2.10 bits per heavy atom. The van der Waals surface area contributed by atoms with Gasteiger partial charge in [-0.15, -0.1) is 13.2 Å². The second-order valence-corrected chi connectivity index (χ2v) is 4.93. The van der Waals surface area contributed by atoms with Gasteiger partial charge >= 0.3 is 6.36 Å². The lowest BCUT2D eigenvalue weighted by Crippen LogP contribution is -2.33. The zero-order valence-electron chi connectivity index (χ0n) is 11.1. The third-order valence-electron chi connectivity index (χ3n) is 3.76. The van der Waals surface area contributed by atoms with Gasteiger partial charge in [0.1, 0.15) is 5.75 Å². The van der Waals surface area contributed by atoms with Crippen LogP contribution >= 0.6 is 0 Å². The molecule has 0 spiro atoms. The number of para-hydroxylation sites is 1. The van der Waals surface area contributed by atoms with E-state index < -0.39 is 17.5 Å². The van der Waals surface area contributed by atoms with Crippen molar-refractivity contribution in [2.45, 2.75) is 26.1 Å². The third kappa shape index (κ3) is 2.95. The van der Waals surface area contributed by atoms with Crippen LogP contribution in [0.25, 0.3) is 0 Å². The number of hydrogen-bond donors (Lipinski definition) is 1. The van der Waals surface area contributed by atoms with Gasteiger partial charge in [0, 0.05) is 12.0 Å². The number of hydrogen-bond acceptors (Lipinski definition) is 3. The molecule has 110 valence electrons. The molecule has 0 aromatic heterocycles. The first kappa shape index (κ1) is 14.8. The number of nitrogens with one attached hydrogen (secondary N) is 1. The zero-order chi connectivity index (χ0) is 14.8. The molecule has 1 saturated heterocycles. The average molecular weight is 287 g/mol. The Kier molecular flexibility index (Phi) is 4.04. The van der Waals surface area contributed by atoms with Crippen LogP contribution in [0.15, 0.2) is 24.3 Å². The number of ketones is 1. The minimum atomic E-state index is -4.80. The molecule has 0 bridgehead atoms. The van der Waals surface area contributed by atoms with Gasteiger partial charge in [0.2, 0.25) is 0 Å². The maximum absolute atomic E-state index is 12.6. The van der Waals surface area contributed by atoms with Crippen LogP contribution in [-0.4, -0.2) is 25.2 Å². The van der Waals surface area contributed by atoms with Crippen LogP contribution in [0.2, 0.25) is 0 Å². The monoisotopic (exact) mass is 287 g/mol. The number of benzene rings is 1. The molecule has 0 aliphatic carbocycles. The molecule has 1 aromatic carbocycles. The normalized spacial score (nSPS) is 22.8. The molecule has 1 atom stereocenters. The molecule has 20 heavy (non-hydrogen) atoms. The summed E-state index contributed by atoms with van der Waals surface area (Å²) >= 11 is 0. The lowest BCUT2D eigenvalue weighted by Gasteiger charge is -2.26. The molecule has 1 unspecified atom stereocenters. The topological polar surface area (TPSA) is 38.3 Å². The van der Waals surface area contributed by atoms with E-state index in [1.165, 1.54) is 18.2 Å². The molecule has 2 rings (SSSR count). The minimum absolute atomic E-state index is 0.00428. The Bertz CT molecular complexity index is 493. The van der Waals surface area contributed by atoms with E-state index in [0.717, 1.165) is 0 Å². The van der Waals surface area contributed by atoms with E-state index in [1.54, 1.807) is 6.07 Å². The highest BCUT2D eigenvalue weighted by atomic mass is 19.4. The molecule has 1 aromatic rings. The summed E-state index contributed by atoms with van der Waals surface area (Å²) in [6, 6.07) is 5.52. The van der Waals surface area contributed by atoms with Crippen molar-refractivity contribution in [3.8, 4) is 5.75 Å². The first-order valence-corrected chi connectivity index (χ1v) is 6.48. The van der Waals surface area contributed by atoms with E-state index in [0.29, 0.717) is 25.9 Å². The number of rotatable bonds is 4. The van der Waals surface area contributed by atoms with Crippen molar-refractivity contribution in [1.29, 1.82) is 0 Å². The summed E-state index contributed by atoms with van der Waals surface area (Å²) in [4.78, 5) is 12.6. The summed E-state index contributed by atoms with van der Waals surface area (Å²) in [5, 5.41) is 3.10. The fraction of sp³-hybridized carbons (Fsp3) is 0.500. The van der Waals surface area contributed by atoms with E-state index in [-0.39, 0.29) is 11.3 Å². The highest BCUT2D eigenvalue weighted by Gasteiger charge is 2.42. The maximum Gasteiger partial charge on any atom is 0.573 e. The zero-order valence-corrected chi connectivity index (χ0v) is 11.1. The van der Waals surface area contributed by atoms with Crippen LogP contribution in [0.3, 0.4) is 0 Å². The number of Topliss-reactive ketones (excluding diaryl/α,β-unsaturated/α-hetero) is 1. The van der Waals surface area contributed by atoms with Gasteiger partial charge in [-0.1, -0.05) is 19.1 Å². The van der Waals surface area contributed by atoms with Gasteiger partial charge in [0.25, 0.3) is 0 Å². The molecule has 0 amide bonds. The average Bonchev–Trinajstić information content (AvgIpc) is 2.86. The van der Waals surface area contributed by atoms with Crippen molar-refractivity contribution in [1.82, 2.24) is 5.32 Å². The van der Waals surface area contributed by atoms with Gasteiger partial charge < -0.3 is 10.1 Å². The van der Waals surface area contributed by atoms with Gasteiger partial charge in [0.05, 0.1) is 5.56 Å². The first-order valence-electron chi connectivity index (χ1n) is 6.48. The van der Waals surface area contributed by atoms with Gasteiger partial charge in [-0.25, -0.2) is 0 Å². The summed E-state index contributed by atoms with van der Waals surface area (Å²) in [6.07, 6.45) is -3.59. The Morgan fingerprint density at radius 1 is 1.40 bits per heavy atom. The van der Waals surface area contributed by atoms with E-state index in [9.17, 15) is 18.0 Å². The Hall–Kier alpha value is -1.56. The molecule has 0 radical (unpaired) electrons. The van der Waals surface area contributed by atoms with Crippen LogP contribution in [-0.2, 0) is 0 Å². The van der Waals surface area contributed by atoms with Crippen LogP contribution in [0.1, 0.15) is 30.1 Å². The molecule has 1 heterocycles. The molecule has 3 nitrogen and oxygen atoms in total. The second kappa shape index (κ2) is 5.44. The number of ether oxygens (including phenoxy) is 1. The summed E-state index contributed by atoms with van der Waals surface area (Å²) in [7, 11) is 0. The highest BCUT2D eigenvalue weighted by Crippen LogP contribution is 2.37. The molecular weight excluding hydrogens is 271 g/mol. The summed E-state index contributed by atoms with van der Waals surface area (Å²) in [6.45, 7) is 3.06. The quantitative estimate of drug-likeness (QED) is 0.864. The Labute approximate surface area is 115 Å². The Morgan fingerprint density at radius 3 is 2.65 bits per heavy atom. The van der Waals surface area contributed by atoms with E-state index in [4.69, 9.17) is 0 Å². The first-order chi connectivity index (χ1) is 9.38. The largest absolute Gasteiger partial charge is 0.573 e. The van der Waals surface area contributed by atoms with Gasteiger partial charge in [-0.05, 0) is 31.5 Å². The number of carbonyl (C=O) groups excluding carboxylic acids is 1. The van der Waals surface area contributed by atoms with Crippen molar-refractivity contribution in [3.05, 3.63) is 29.8 Å². The molecule has 1 aliphatic rings. The summed E-state index contributed by atoms with van der Waals surface area (Å²) < 4.78 is 41.1. The predicted molar refractivity (Wildman–Crippen MR) is 67.7 cm³/mol. The standard InChI is InChI=1S/C14H16F3NO2/c1-2-13(7-8-18-9-13)12(19)10-5-3-4-6-11(10)20-14(15,16)17/h3-6,18H,2,7-9H2,1H3. The van der Waals surface area contributed by atoms with Crippen molar-refractivity contribution in [3.63, 3.8) is 0 Å². The van der Waals surface area contributed by atoms with Crippen LogP contribution in [0.5, 0.6) is 5.75 Å². The summed E-state index contributed by atoms with van der Waals surface area (Å²) in [5.41, 5.74) is -0.638. The van der Waals surface area contributed by atoms with Crippen LogP contribution in [0, 0.1) is 5.41 Å². The fourth-order valence-corrected chi connectivity index (χ4v) is 2.55. The lowest BCUT2D eigenvalue weighted by atomic mass is 9.77. The molecule has 1 aliphatic heterocycles. The smallest absolute Gasteiger partial charge is 0.405 e. The molecule has 6 heteroatoms. The van der Waals surface area contributed by atoms with E-state index >= 15 is 0 Å². The minimum Gasteiger partial charge on any atom is -0.405 e. The van der Waals surface area contributed by atoms with Crippen molar-refractivity contribution in [2.75, 3.05) is 13.1 Å². The number of halogens is 3. The van der Waals surface area contributed by atoms with E-state index in [1.807, 2.05) is 6.92 Å². The van der Waals surface area contributed by atoms with Gasteiger partial charge in [0.15, 0.2) is 5.78 Å². The molecule has 1 N–H and O–H groups in total. The number of carbonyl (C=O) groups is 1. The SMILES string of the molecule is CCC1(C(=O)c2ccccc2OC(F)(F)F)CCNC1. The van der Waals surface area contributed by atoms with Crippen LogP contribution < -0.4 is 10.1 Å². The van der Waals surface area contributed by atoms with Gasteiger partial charge in [-0.2, -0.15) is 0 Å². The Balaban J connectivity index is 2.35. The van der Waals surface area contributed by atoms with E-state index in [2.05, 4.69) is 10.1 Å². The van der Waals surface area contributed by atoms with Gasteiger partial charge in [-0.3, -0.25) is 4.79 Å². The molecule has 0 saturated carbocycles. The highest BCUT2D eigenvalue weighted by molar-refractivity contribution is 6.03. The van der Waals surface area contributed by atoms with Crippen molar-refractivity contribution < 1.29 is 22.7 Å². The predicted octanol–water partition coefficient (Wildman–Crippen LogP) is 3.16. The van der Waals surface area contributed by atoms with Crippen molar-refractivity contribution >= 4 is 5.78 Å². The molecular formula is C14H16F3NO2. The third-order valence-corrected chi connectivity index (χ3v) is 3.76. The molecule has 1 fully saturated rings. The summed E-state index contributed by atoms with van der Waals surface area (Å²) in [5.74, 6) is -0.713. The fourth-order valence-electron chi connectivity index (χ4n) is 2.55. The second-order valence-electron chi connectivity index (χ2n) is 4.93. The number of alkyl halides is 3. The lowest BCUT2D eigenvalue weighted by molar-refractivity contribution is -0.274.